The zero-order chi connectivity index (χ0) is 25.4. The second-order valence-electron chi connectivity index (χ2n) is 8.55. The number of carbonyl (C=O) groups is 1. The minimum atomic E-state index is -4.42. The van der Waals surface area contributed by atoms with E-state index in [0.717, 1.165) is 24.4 Å². The van der Waals surface area contributed by atoms with Gasteiger partial charge in [-0.1, -0.05) is 31.2 Å². The molecule has 0 bridgehead atoms. The maximum atomic E-state index is 13.1. The maximum Gasteiger partial charge on any atom is 0.416 e. The fraction of sp³-hybridized carbons (Fsp3) is 0.192. The average molecular weight is 493 g/mol. The first-order valence-electron chi connectivity index (χ1n) is 11.4. The summed E-state index contributed by atoms with van der Waals surface area (Å²) in [6.45, 7) is 3.67. The van der Waals surface area contributed by atoms with Crippen LogP contribution in [0.4, 0.5) is 19.1 Å². The number of carbonyl (C=O) groups excluding carboxylic acids is 1. The third-order valence-electron chi connectivity index (χ3n) is 6.02. The number of pyridine rings is 1. The number of aromatic amines is 1. The normalized spacial score (nSPS) is 12.1. The molecule has 2 N–H and O–H groups in total. The molecular formula is C26H23F3N6O. The van der Waals surface area contributed by atoms with Crippen LogP contribution in [0.15, 0.2) is 66.9 Å². The average Bonchev–Trinajstić information content (AvgIpc) is 3.47. The highest BCUT2D eigenvalue weighted by molar-refractivity contribution is 6.03. The number of H-pyrrole nitrogens is 1. The fourth-order valence-electron chi connectivity index (χ4n) is 3.99. The van der Waals surface area contributed by atoms with Crippen molar-refractivity contribution in [2.45, 2.75) is 19.6 Å². The summed E-state index contributed by atoms with van der Waals surface area (Å²) >= 11 is 0. The van der Waals surface area contributed by atoms with Gasteiger partial charge in [-0.25, -0.2) is 9.97 Å². The molecule has 0 fully saturated rings. The Morgan fingerprint density at radius 1 is 1.06 bits per heavy atom. The predicted molar refractivity (Wildman–Crippen MR) is 132 cm³/mol. The number of nitrogens with zero attached hydrogens (tertiary/aromatic N) is 4. The van der Waals surface area contributed by atoms with Gasteiger partial charge in [-0.05, 0) is 61.1 Å². The predicted octanol–water partition coefficient (Wildman–Crippen LogP) is 5.60. The molecule has 0 unspecified atom stereocenters. The van der Waals surface area contributed by atoms with Crippen LogP contribution in [-0.4, -0.2) is 43.8 Å². The second kappa shape index (κ2) is 9.12. The van der Waals surface area contributed by atoms with E-state index in [4.69, 9.17) is 0 Å². The number of alkyl halides is 3. The summed E-state index contributed by atoms with van der Waals surface area (Å²) < 4.78 is 41.2. The molecule has 3 aromatic heterocycles. The molecule has 0 spiro atoms. The molecule has 0 aliphatic rings. The molecule has 5 aromatic rings. The van der Waals surface area contributed by atoms with Crippen molar-refractivity contribution in [2.75, 3.05) is 18.9 Å². The van der Waals surface area contributed by atoms with Crippen molar-refractivity contribution in [1.29, 1.82) is 0 Å². The third-order valence-corrected chi connectivity index (χ3v) is 6.02. The van der Waals surface area contributed by atoms with Crippen molar-refractivity contribution in [3.05, 3.63) is 83.8 Å². The largest absolute Gasteiger partial charge is 0.416 e. The summed E-state index contributed by atoms with van der Waals surface area (Å²) in [5.41, 5.74) is 3.36. The molecule has 0 radical (unpaired) electrons. The number of fused-ring (bicyclic) bond motifs is 2. The number of rotatable bonds is 6. The van der Waals surface area contributed by atoms with Gasteiger partial charge in [-0.15, -0.1) is 0 Å². The van der Waals surface area contributed by atoms with Crippen LogP contribution in [0.1, 0.15) is 28.7 Å². The zero-order valence-corrected chi connectivity index (χ0v) is 19.6. The van der Waals surface area contributed by atoms with E-state index in [2.05, 4.69) is 32.1 Å². The van der Waals surface area contributed by atoms with E-state index in [-0.39, 0.29) is 11.6 Å². The van der Waals surface area contributed by atoms with E-state index >= 15 is 0 Å². The number of benzene rings is 2. The van der Waals surface area contributed by atoms with Gasteiger partial charge in [0, 0.05) is 18.4 Å². The number of anilines is 1. The van der Waals surface area contributed by atoms with Crippen LogP contribution in [0.5, 0.6) is 0 Å². The molecule has 7 nitrogen and oxygen atoms in total. The molecule has 36 heavy (non-hydrogen) atoms. The van der Waals surface area contributed by atoms with Gasteiger partial charge < -0.3 is 14.3 Å². The smallest absolute Gasteiger partial charge is 0.324 e. The van der Waals surface area contributed by atoms with Crippen molar-refractivity contribution in [2.24, 2.45) is 0 Å². The van der Waals surface area contributed by atoms with E-state index < -0.39 is 17.6 Å². The lowest BCUT2D eigenvalue weighted by atomic mass is 10.0. The highest BCUT2D eigenvalue weighted by Crippen LogP contribution is 2.33. The topological polar surface area (TPSA) is 78.3 Å². The molecule has 0 aliphatic heterocycles. The number of aromatic nitrogens is 4. The first-order chi connectivity index (χ1) is 17.2. The minimum absolute atomic E-state index is 0.221. The first kappa shape index (κ1) is 23.6. The number of hydrogen-bond acceptors (Lipinski definition) is 4. The molecule has 5 rings (SSSR count). The summed E-state index contributed by atoms with van der Waals surface area (Å²) in [4.78, 5) is 26.9. The fourth-order valence-corrected chi connectivity index (χ4v) is 3.99. The summed E-state index contributed by atoms with van der Waals surface area (Å²) in [6, 6.07) is 16.0. The van der Waals surface area contributed by atoms with Crippen LogP contribution in [0, 0.1) is 0 Å². The lowest BCUT2D eigenvalue weighted by molar-refractivity contribution is -0.137. The molecule has 184 valence electrons. The molecule has 0 aliphatic carbocycles. The number of halogens is 3. The van der Waals surface area contributed by atoms with Gasteiger partial charge in [0.2, 0.25) is 5.95 Å². The van der Waals surface area contributed by atoms with Crippen molar-refractivity contribution < 1.29 is 18.0 Å². The van der Waals surface area contributed by atoms with E-state index in [1.807, 2.05) is 29.6 Å². The van der Waals surface area contributed by atoms with E-state index in [0.29, 0.717) is 34.4 Å². The standard InChI is InChI=1S/C26H23F3N6O/c1-3-34(2)14-19-8-5-9-23-30-22(15-35(19)23)24(36)33-25-31-20-11-10-17(13-21(20)32-25)16-6-4-7-18(12-16)26(27,28)29/h4-13,15H,3,14H2,1-2H3,(H2,31,32,33,36). The van der Waals surface area contributed by atoms with E-state index in [1.54, 1.807) is 30.5 Å². The van der Waals surface area contributed by atoms with Crippen LogP contribution in [-0.2, 0) is 12.7 Å². The van der Waals surface area contributed by atoms with E-state index in [1.165, 1.54) is 6.07 Å². The van der Waals surface area contributed by atoms with Crippen molar-refractivity contribution in [3.63, 3.8) is 0 Å². The second-order valence-corrected chi connectivity index (χ2v) is 8.55. The lowest BCUT2D eigenvalue weighted by Crippen LogP contribution is -2.18. The van der Waals surface area contributed by atoms with Gasteiger partial charge in [0.15, 0.2) is 0 Å². The number of nitrogens with one attached hydrogen (secondary N) is 2. The SMILES string of the molecule is CCN(C)Cc1cccc2nc(C(=O)Nc3nc4cc(-c5cccc(C(F)(F)F)c5)ccc4[nH]3)cn12. The molecule has 1 amide bonds. The Morgan fingerprint density at radius 3 is 2.61 bits per heavy atom. The highest BCUT2D eigenvalue weighted by Gasteiger charge is 2.30. The molecule has 0 atom stereocenters. The van der Waals surface area contributed by atoms with Crippen LogP contribution in [0.2, 0.25) is 0 Å². The summed E-state index contributed by atoms with van der Waals surface area (Å²) in [5, 5.41) is 2.73. The number of amides is 1. The van der Waals surface area contributed by atoms with Crippen molar-refractivity contribution >= 4 is 28.5 Å². The van der Waals surface area contributed by atoms with Gasteiger partial charge >= 0.3 is 6.18 Å². The Hall–Kier alpha value is -4.18. The molecule has 2 aromatic carbocycles. The molecular weight excluding hydrogens is 469 g/mol. The molecule has 0 saturated heterocycles. The quantitative estimate of drug-likeness (QED) is 0.324. The number of hydrogen-bond donors (Lipinski definition) is 2. The van der Waals surface area contributed by atoms with Gasteiger partial charge in [0.05, 0.1) is 16.6 Å². The molecule has 10 heteroatoms. The first-order valence-corrected chi connectivity index (χ1v) is 11.4. The zero-order valence-electron chi connectivity index (χ0n) is 19.6. The Balaban J connectivity index is 1.39. The molecule has 3 heterocycles. The Kier molecular flexibility index (Phi) is 5.97. The summed E-state index contributed by atoms with van der Waals surface area (Å²) in [5.74, 6) is -0.204. The van der Waals surface area contributed by atoms with Gasteiger partial charge in [0.1, 0.15) is 11.3 Å². The van der Waals surface area contributed by atoms with Crippen LogP contribution in [0.25, 0.3) is 27.8 Å². The third kappa shape index (κ3) is 4.67. The monoisotopic (exact) mass is 492 g/mol. The summed E-state index contributed by atoms with van der Waals surface area (Å²) in [7, 11) is 2.02. The Morgan fingerprint density at radius 2 is 1.83 bits per heavy atom. The van der Waals surface area contributed by atoms with Crippen molar-refractivity contribution in [3.8, 4) is 11.1 Å². The number of imidazole rings is 2. The van der Waals surface area contributed by atoms with Crippen LogP contribution < -0.4 is 5.32 Å². The van der Waals surface area contributed by atoms with Gasteiger partial charge in [-0.2, -0.15) is 13.2 Å². The van der Waals surface area contributed by atoms with E-state index in [9.17, 15) is 18.0 Å². The lowest BCUT2D eigenvalue weighted by Gasteiger charge is -2.14. The van der Waals surface area contributed by atoms with Gasteiger partial charge in [-0.3, -0.25) is 10.1 Å². The van der Waals surface area contributed by atoms with Crippen molar-refractivity contribution in [1.82, 2.24) is 24.3 Å². The maximum absolute atomic E-state index is 13.1. The molecule has 0 saturated carbocycles. The highest BCUT2D eigenvalue weighted by atomic mass is 19.4. The van der Waals surface area contributed by atoms with Crippen LogP contribution >= 0.6 is 0 Å². The van der Waals surface area contributed by atoms with Crippen LogP contribution in [0.3, 0.4) is 0 Å². The Labute approximate surface area is 204 Å². The Bertz CT molecular complexity index is 1570. The van der Waals surface area contributed by atoms with Gasteiger partial charge in [0.25, 0.3) is 5.91 Å². The minimum Gasteiger partial charge on any atom is -0.324 e. The summed E-state index contributed by atoms with van der Waals surface area (Å²) in [6.07, 6.45) is -2.73.